The summed E-state index contributed by atoms with van der Waals surface area (Å²) in [5.41, 5.74) is 1.46. The van der Waals surface area contributed by atoms with Crippen molar-refractivity contribution in [2.24, 2.45) is 0 Å². The lowest BCUT2D eigenvalue weighted by Gasteiger charge is -2.16. The molecule has 0 aliphatic heterocycles. The van der Waals surface area contributed by atoms with Crippen molar-refractivity contribution in [3.8, 4) is 6.07 Å². The number of anilines is 1. The van der Waals surface area contributed by atoms with Gasteiger partial charge in [-0.15, -0.1) is 0 Å². The van der Waals surface area contributed by atoms with E-state index in [1.807, 2.05) is 31.2 Å². The maximum atomic E-state index is 10.8. The molecule has 0 saturated heterocycles. The average Bonchev–Trinajstić information content (AvgIpc) is 2.46. The number of nitriles is 1. The summed E-state index contributed by atoms with van der Waals surface area (Å²) in [7, 11) is 0. The predicted octanol–water partition coefficient (Wildman–Crippen LogP) is 4.29. The summed E-state index contributed by atoms with van der Waals surface area (Å²) in [4.78, 5) is 10.2. The molecular weight excluding hydrogens is 290 g/mol. The number of hydrogen-bond acceptors (Lipinski definition) is 4. The third kappa shape index (κ3) is 3.50. The lowest BCUT2D eigenvalue weighted by molar-refractivity contribution is -0.385. The number of benzene rings is 2. The Morgan fingerprint density at radius 2 is 2.10 bits per heavy atom. The monoisotopic (exact) mass is 301 g/mol. The second kappa shape index (κ2) is 6.25. The Labute approximate surface area is 126 Å². The van der Waals surface area contributed by atoms with Crippen LogP contribution in [0.2, 0.25) is 5.02 Å². The molecular formula is C15H12ClN3O2. The first-order valence-corrected chi connectivity index (χ1v) is 6.59. The van der Waals surface area contributed by atoms with Crippen molar-refractivity contribution in [2.75, 3.05) is 5.32 Å². The van der Waals surface area contributed by atoms with Gasteiger partial charge in [-0.25, -0.2) is 0 Å². The van der Waals surface area contributed by atoms with E-state index in [0.29, 0.717) is 10.7 Å². The smallest absolute Gasteiger partial charge is 0.287 e. The highest BCUT2D eigenvalue weighted by Crippen LogP contribution is 2.26. The van der Waals surface area contributed by atoms with Gasteiger partial charge >= 0.3 is 0 Å². The van der Waals surface area contributed by atoms with Gasteiger partial charge in [0.2, 0.25) is 0 Å². The van der Waals surface area contributed by atoms with Crippen molar-refractivity contribution in [3.05, 3.63) is 68.7 Å². The number of hydrogen-bond donors (Lipinski definition) is 1. The molecule has 6 heteroatoms. The summed E-state index contributed by atoms with van der Waals surface area (Å²) in [6.45, 7) is 1.94. The van der Waals surface area contributed by atoms with Gasteiger partial charge in [0.25, 0.3) is 5.69 Å². The van der Waals surface area contributed by atoms with Crippen molar-refractivity contribution in [2.45, 2.75) is 13.0 Å². The fourth-order valence-corrected chi connectivity index (χ4v) is 2.18. The first-order valence-electron chi connectivity index (χ1n) is 6.22. The average molecular weight is 302 g/mol. The van der Waals surface area contributed by atoms with Gasteiger partial charge in [-0.3, -0.25) is 10.1 Å². The van der Waals surface area contributed by atoms with E-state index in [4.69, 9.17) is 16.9 Å². The van der Waals surface area contributed by atoms with Crippen LogP contribution >= 0.6 is 11.6 Å². The lowest BCUT2D eigenvalue weighted by Crippen LogP contribution is -2.07. The number of nitro groups is 1. The molecule has 0 saturated carbocycles. The van der Waals surface area contributed by atoms with Crippen LogP contribution in [0.15, 0.2) is 42.5 Å². The molecule has 0 aromatic heterocycles. The minimum Gasteiger partial charge on any atom is -0.378 e. The molecule has 0 bridgehead atoms. The molecule has 2 aromatic carbocycles. The zero-order valence-corrected chi connectivity index (χ0v) is 12.0. The molecule has 5 nitrogen and oxygen atoms in total. The van der Waals surface area contributed by atoms with Gasteiger partial charge in [0.1, 0.15) is 11.6 Å². The number of halogens is 1. The van der Waals surface area contributed by atoms with Crippen LogP contribution in [0, 0.1) is 21.4 Å². The van der Waals surface area contributed by atoms with Gasteiger partial charge in [0, 0.05) is 22.8 Å². The van der Waals surface area contributed by atoms with E-state index in [1.54, 1.807) is 12.1 Å². The van der Waals surface area contributed by atoms with Crippen LogP contribution in [0.25, 0.3) is 0 Å². The van der Waals surface area contributed by atoms with Crippen molar-refractivity contribution in [1.82, 2.24) is 0 Å². The Kier molecular flexibility index (Phi) is 4.41. The van der Waals surface area contributed by atoms with Gasteiger partial charge in [-0.1, -0.05) is 23.7 Å². The minimum absolute atomic E-state index is 0.0308. The number of nitro benzene ring substituents is 1. The highest BCUT2D eigenvalue weighted by Gasteiger charge is 2.14. The van der Waals surface area contributed by atoms with Crippen LogP contribution in [0.5, 0.6) is 0 Å². The number of nitrogens with one attached hydrogen (secondary N) is 1. The maximum Gasteiger partial charge on any atom is 0.287 e. The third-order valence-electron chi connectivity index (χ3n) is 3.05. The highest BCUT2D eigenvalue weighted by atomic mass is 35.5. The summed E-state index contributed by atoms with van der Waals surface area (Å²) in [6.07, 6.45) is 0. The van der Waals surface area contributed by atoms with Crippen LogP contribution in [-0.2, 0) is 0 Å². The minimum atomic E-state index is -0.567. The van der Waals surface area contributed by atoms with E-state index < -0.39 is 4.92 Å². The molecule has 0 aliphatic carbocycles. The van der Waals surface area contributed by atoms with Gasteiger partial charge < -0.3 is 5.32 Å². The summed E-state index contributed by atoms with van der Waals surface area (Å²) in [6, 6.07) is 13.6. The second-order valence-electron chi connectivity index (χ2n) is 4.52. The van der Waals surface area contributed by atoms with Crippen LogP contribution < -0.4 is 5.32 Å². The highest BCUT2D eigenvalue weighted by molar-refractivity contribution is 6.30. The van der Waals surface area contributed by atoms with E-state index >= 15 is 0 Å². The fourth-order valence-electron chi connectivity index (χ4n) is 1.98. The molecule has 2 aromatic rings. The van der Waals surface area contributed by atoms with Crippen LogP contribution in [0.4, 0.5) is 11.4 Å². The van der Waals surface area contributed by atoms with Crippen molar-refractivity contribution < 1.29 is 4.92 Å². The van der Waals surface area contributed by atoms with Crippen molar-refractivity contribution in [1.29, 1.82) is 5.26 Å². The molecule has 2 rings (SSSR count). The summed E-state index contributed by atoms with van der Waals surface area (Å²) >= 11 is 5.95. The largest absolute Gasteiger partial charge is 0.378 e. The van der Waals surface area contributed by atoms with E-state index in [1.165, 1.54) is 12.1 Å². The van der Waals surface area contributed by atoms with E-state index in [9.17, 15) is 10.1 Å². The molecule has 106 valence electrons. The Bertz CT molecular complexity index is 725. The topological polar surface area (TPSA) is 79.0 Å². The molecule has 1 unspecified atom stereocenters. The van der Waals surface area contributed by atoms with E-state index in [-0.39, 0.29) is 17.3 Å². The molecule has 0 aliphatic rings. The third-order valence-corrected chi connectivity index (χ3v) is 3.28. The first kappa shape index (κ1) is 14.8. The lowest BCUT2D eigenvalue weighted by atomic mass is 10.1. The van der Waals surface area contributed by atoms with Crippen LogP contribution in [-0.4, -0.2) is 4.92 Å². The van der Waals surface area contributed by atoms with E-state index in [0.717, 1.165) is 5.56 Å². The van der Waals surface area contributed by atoms with Crippen LogP contribution in [0.3, 0.4) is 0 Å². The first-order chi connectivity index (χ1) is 10.0. The second-order valence-corrected chi connectivity index (χ2v) is 4.96. The number of nitrogens with zero attached hydrogens (tertiary/aromatic N) is 2. The molecule has 0 radical (unpaired) electrons. The molecule has 0 heterocycles. The van der Waals surface area contributed by atoms with Gasteiger partial charge in [-0.2, -0.15) is 5.26 Å². The predicted molar refractivity (Wildman–Crippen MR) is 81.3 cm³/mol. The zero-order valence-electron chi connectivity index (χ0n) is 11.2. The maximum absolute atomic E-state index is 10.8. The van der Waals surface area contributed by atoms with E-state index in [2.05, 4.69) is 5.32 Å². The fraction of sp³-hybridized carbons (Fsp3) is 0.133. The molecule has 0 spiro atoms. The summed E-state index contributed by atoms with van der Waals surface area (Å²) in [5, 5.41) is 23.6. The summed E-state index contributed by atoms with van der Waals surface area (Å²) in [5.74, 6) is 0. The van der Waals surface area contributed by atoms with Gasteiger partial charge in [-0.05, 0) is 36.8 Å². The standard InChI is InChI=1S/C15H12ClN3O2/c1-10(11-3-2-4-13(16)7-11)18-14-5-6-15(19(20)21)12(8-14)9-17/h2-8,10,18H,1H3. The molecule has 1 N–H and O–H groups in total. The van der Waals surface area contributed by atoms with Crippen molar-refractivity contribution in [3.63, 3.8) is 0 Å². The Morgan fingerprint density at radius 1 is 1.33 bits per heavy atom. The summed E-state index contributed by atoms with van der Waals surface area (Å²) < 4.78 is 0. The Balaban J connectivity index is 2.24. The van der Waals surface area contributed by atoms with Crippen molar-refractivity contribution >= 4 is 23.0 Å². The molecule has 1 atom stereocenters. The molecule has 0 fully saturated rings. The normalized spacial score (nSPS) is 11.5. The molecule has 0 amide bonds. The SMILES string of the molecule is CC(Nc1ccc([N+](=O)[O-])c(C#N)c1)c1cccc(Cl)c1. The quantitative estimate of drug-likeness (QED) is 0.674. The van der Waals surface area contributed by atoms with Gasteiger partial charge in [0.05, 0.1) is 4.92 Å². The Hall–Kier alpha value is -2.58. The molecule has 21 heavy (non-hydrogen) atoms. The zero-order chi connectivity index (χ0) is 15.4. The number of rotatable bonds is 4. The van der Waals surface area contributed by atoms with Crippen LogP contribution in [0.1, 0.15) is 24.1 Å². The Morgan fingerprint density at radius 3 is 2.71 bits per heavy atom. The van der Waals surface area contributed by atoms with Gasteiger partial charge in [0.15, 0.2) is 0 Å².